The van der Waals surface area contributed by atoms with Crippen LogP contribution in [0.25, 0.3) is 22.5 Å². The van der Waals surface area contributed by atoms with Crippen molar-refractivity contribution in [1.82, 2.24) is 9.97 Å². The maximum absolute atomic E-state index is 14.0. The van der Waals surface area contributed by atoms with E-state index in [2.05, 4.69) is 25.9 Å². The van der Waals surface area contributed by atoms with Crippen molar-refractivity contribution in [1.29, 1.82) is 0 Å². The van der Waals surface area contributed by atoms with Crippen molar-refractivity contribution in [3.63, 3.8) is 0 Å². The summed E-state index contributed by atoms with van der Waals surface area (Å²) in [6.07, 6.45) is 1.25. The molecule has 0 aliphatic rings. The number of carbonyl (C=O) groups is 1. The Morgan fingerprint density at radius 3 is 2.64 bits per heavy atom. The molecule has 128 valence electrons. The van der Waals surface area contributed by atoms with E-state index in [0.717, 1.165) is 5.56 Å². The van der Waals surface area contributed by atoms with E-state index < -0.39 is 11.8 Å². The fourth-order valence-electron chi connectivity index (χ4n) is 2.57. The molecule has 0 spiro atoms. The third kappa shape index (κ3) is 3.28. The van der Waals surface area contributed by atoms with Crippen molar-refractivity contribution in [2.75, 3.05) is 7.11 Å². The molecule has 0 unspecified atom stereocenters. The molecule has 2 N–H and O–H groups in total. The van der Waals surface area contributed by atoms with Crippen molar-refractivity contribution < 1.29 is 19.0 Å². The lowest BCUT2D eigenvalue weighted by Gasteiger charge is -2.13. The van der Waals surface area contributed by atoms with E-state index in [9.17, 15) is 9.18 Å². The Kier molecular flexibility index (Phi) is 4.59. The molecule has 7 heteroatoms. The number of benzene rings is 2. The van der Waals surface area contributed by atoms with Gasteiger partial charge in [-0.1, -0.05) is 6.07 Å². The largest absolute Gasteiger partial charge is 0.496 e. The maximum atomic E-state index is 14.0. The van der Waals surface area contributed by atoms with E-state index in [1.54, 1.807) is 25.3 Å². The fraction of sp³-hybridized carbons (Fsp3) is 0.111. The van der Waals surface area contributed by atoms with Crippen LogP contribution in [0, 0.1) is 12.7 Å². The number of carboxylic acid groups (broad SMARTS) is 1. The molecule has 25 heavy (non-hydrogen) atoms. The van der Waals surface area contributed by atoms with Crippen LogP contribution in [0.1, 0.15) is 16.1 Å². The quantitative estimate of drug-likeness (QED) is 0.662. The summed E-state index contributed by atoms with van der Waals surface area (Å²) in [5, 5.41) is 9.09. The molecule has 0 aliphatic carbocycles. The van der Waals surface area contributed by atoms with E-state index in [1.165, 1.54) is 12.3 Å². The molecule has 0 atom stereocenters. The molecule has 3 aromatic rings. The molecule has 3 rings (SSSR count). The maximum Gasteiger partial charge on any atom is 0.353 e. The number of ether oxygens (including phenoxy) is 1. The lowest BCUT2D eigenvalue weighted by Crippen LogP contribution is -1.97. The van der Waals surface area contributed by atoms with Crippen LogP contribution < -0.4 is 4.74 Å². The summed E-state index contributed by atoms with van der Waals surface area (Å²) < 4.78 is 19.7. The molecular weight excluding hydrogens is 391 g/mol. The van der Waals surface area contributed by atoms with Crippen LogP contribution in [0.5, 0.6) is 5.75 Å². The van der Waals surface area contributed by atoms with Crippen LogP contribution in [0.3, 0.4) is 0 Å². The van der Waals surface area contributed by atoms with Gasteiger partial charge in [0, 0.05) is 5.56 Å². The van der Waals surface area contributed by atoms with Gasteiger partial charge in [-0.05, 0) is 63.8 Å². The van der Waals surface area contributed by atoms with Gasteiger partial charge in [-0.3, -0.25) is 0 Å². The Morgan fingerprint density at radius 1 is 1.28 bits per heavy atom. The smallest absolute Gasteiger partial charge is 0.353 e. The molecule has 0 amide bonds. The lowest BCUT2D eigenvalue weighted by molar-refractivity contribution is 0.0691. The number of aromatic carboxylic acids is 1. The number of halogens is 2. The highest BCUT2D eigenvalue weighted by Gasteiger charge is 2.17. The highest BCUT2D eigenvalue weighted by Crippen LogP contribution is 2.37. The monoisotopic (exact) mass is 404 g/mol. The minimum Gasteiger partial charge on any atom is -0.496 e. The summed E-state index contributed by atoms with van der Waals surface area (Å²) in [5.74, 6) is -0.456. The molecule has 0 saturated heterocycles. The number of carboxylic acids is 1. The van der Waals surface area contributed by atoms with Gasteiger partial charge in [0.2, 0.25) is 0 Å². The van der Waals surface area contributed by atoms with Crippen LogP contribution >= 0.6 is 15.9 Å². The second kappa shape index (κ2) is 6.68. The van der Waals surface area contributed by atoms with Gasteiger partial charge in [-0.2, -0.15) is 0 Å². The number of H-pyrrole nitrogens is 1. The van der Waals surface area contributed by atoms with Crippen molar-refractivity contribution in [3.05, 3.63) is 58.1 Å². The summed E-state index contributed by atoms with van der Waals surface area (Å²) >= 11 is 3.14. The van der Waals surface area contributed by atoms with Crippen LogP contribution in [-0.4, -0.2) is 28.2 Å². The highest BCUT2D eigenvalue weighted by atomic mass is 79.9. The van der Waals surface area contributed by atoms with Gasteiger partial charge in [0.1, 0.15) is 23.1 Å². The topological polar surface area (TPSA) is 75.2 Å². The first-order valence-electron chi connectivity index (χ1n) is 7.33. The van der Waals surface area contributed by atoms with Crippen LogP contribution in [0.4, 0.5) is 4.39 Å². The predicted molar refractivity (Wildman–Crippen MR) is 95.4 cm³/mol. The number of aromatic nitrogens is 2. The summed E-state index contributed by atoms with van der Waals surface area (Å²) in [4.78, 5) is 18.0. The molecule has 0 radical (unpaired) electrons. The number of imidazole rings is 1. The van der Waals surface area contributed by atoms with Crippen LogP contribution in [-0.2, 0) is 0 Å². The number of nitrogens with one attached hydrogen (secondary N) is 1. The number of nitrogens with zero attached hydrogens (tertiary/aromatic N) is 1. The number of aryl methyl sites for hydroxylation is 1. The average molecular weight is 405 g/mol. The molecule has 0 fully saturated rings. The zero-order valence-electron chi connectivity index (χ0n) is 13.4. The SMILES string of the molecule is COc1cc(-c2ccc(Br)c(F)c2)c(-c2ncc(C(=O)O)[nH]2)cc1C. The van der Waals surface area contributed by atoms with Crippen molar-refractivity contribution in [2.45, 2.75) is 6.92 Å². The second-order valence-electron chi connectivity index (χ2n) is 5.45. The van der Waals surface area contributed by atoms with Gasteiger partial charge < -0.3 is 14.8 Å². The Hall–Kier alpha value is -2.67. The molecule has 1 aromatic heterocycles. The summed E-state index contributed by atoms with van der Waals surface area (Å²) in [6, 6.07) is 8.40. The van der Waals surface area contributed by atoms with Crippen LogP contribution in [0.2, 0.25) is 0 Å². The summed E-state index contributed by atoms with van der Waals surface area (Å²) in [7, 11) is 1.56. The normalized spacial score (nSPS) is 10.7. The van der Waals surface area contributed by atoms with Gasteiger partial charge in [-0.25, -0.2) is 14.2 Å². The van der Waals surface area contributed by atoms with Crippen molar-refractivity contribution in [2.24, 2.45) is 0 Å². The van der Waals surface area contributed by atoms with Gasteiger partial charge >= 0.3 is 5.97 Å². The lowest BCUT2D eigenvalue weighted by atomic mass is 9.96. The molecular formula is C18H14BrFN2O3. The van der Waals surface area contributed by atoms with E-state index in [-0.39, 0.29) is 5.69 Å². The highest BCUT2D eigenvalue weighted by molar-refractivity contribution is 9.10. The van der Waals surface area contributed by atoms with Gasteiger partial charge in [0.05, 0.1) is 17.8 Å². The number of hydrogen-bond acceptors (Lipinski definition) is 3. The first-order valence-corrected chi connectivity index (χ1v) is 8.12. The van der Waals surface area contributed by atoms with Gasteiger partial charge in [0.25, 0.3) is 0 Å². The number of aromatic amines is 1. The minimum absolute atomic E-state index is 0.0172. The molecule has 0 aliphatic heterocycles. The van der Waals surface area contributed by atoms with E-state index >= 15 is 0 Å². The van der Waals surface area contributed by atoms with Crippen molar-refractivity contribution >= 4 is 21.9 Å². The Labute approximate surface area is 151 Å². The Morgan fingerprint density at radius 2 is 2.04 bits per heavy atom. The van der Waals surface area contributed by atoms with Gasteiger partial charge in [-0.15, -0.1) is 0 Å². The number of methoxy groups -OCH3 is 1. The van der Waals surface area contributed by atoms with E-state index in [0.29, 0.717) is 32.7 Å². The fourth-order valence-corrected chi connectivity index (χ4v) is 2.82. The molecule has 0 saturated carbocycles. The molecule has 0 bridgehead atoms. The second-order valence-corrected chi connectivity index (χ2v) is 6.30. The third-order valence-corrected chi connectivity index (χ3v) is 4.47. The van der Waals surface area contributed by atoms with E-state index in [1.807, 2.05) is 13.0 Å². The first kappa shape index (κ1) is 17.2. The van der Waals surface area contributed by atoms with Crippen LogP contribution in [0.15, 0.2) is 41.0 Å². The van der Waals surface area contributed by atoms with Crippen molar-refractivity contribution in [3.8, 4) is 28.3 Å². The summed E-state index contributed by atoms with van der Waals surface area (Å²) in [6.45, 7) is 1.87. The zero-order valence-corrected chi connectivity index (χ0v) is 15.0. The number of hydrogen-bond donors (Lipinski definition) is 2. The molecule has 2 aromatic carbocycles. The Balaban J connectivity index is 2.24. The Bertz CT molecular complexity index is 969. The molecule has 1 heterocycles. The zero-order chi connectivity index (χ0) is 18.1. The van der Waals surface area contributed by atoms with Gasteiger partial charge in [0.15, 0.2) is 0 Å². The van der Waals surface area contributed by atoms with E-state index in [4.69, 9.17) is 9.84 Å². The summed E-state index contributed by atoms with van der Waals surface area (Å²) in [5.41, 5.74) is 2.80. The third-order valence-electron chi connectivity index (χ3n) is 3.83. The standard InChI is InChI=1S/C18H14BrFN2O3/c1-9-5-12(17-21-8-15(22-17)18(23)24)11(7-16(9)25-2)10-3-4-13(19)14(20)6-10/h3-8H,1-2H3,(H,21,22)(H,23,24). The average Bonchev–Trinajstić information content (AvgIpc) is 3.07. The predicted octanol–water partition coefficient (Wildman–Crippen LogP) is 4.66. The number of rotatable bonds is 4. The first-order chi connectivity index (χ1) is 11.9. The minimum atomic E-state index is -1.10. The molecule has 5 nitrogen and oxygen atoms in total.